The lowest BCUT2D eigenvalue weighted by molar-refractivity contribution is 0.370. The first-order chi connectivity index (χ1) is 11.3. The average molecular weight is 325 g/mol. The topological polar surface area (TPSA) is 56.2 Å². The molecule has 0 aromatic carbocycles. The molecule has 3 N–H and O–H groups in total. The minimum Gasteiger partial charge on any atom is -0.506 e. The molecule has 0 unspecified atom stereocenters. The fourth-order valence-electron chi connectivity index (χ4n) is 4.35. The van der Waals surface area contributed by atoms with E-state index in [9.17, 15) is 10.2 Å². The quantitative estimate of drug-likeness (QED) is 0.661. The van der Waals surface area contributed by atoms with Crippen LogP contribution < -0.4 is 0 Å². The van der Waals surface area contributed by atoms with E-state index in [1.807, 2.05) is 13.8 Å². The largest absolute Gasteiger partial charge is 0.506 e. The summed E-state index contributed by atoms with van der Waals surface area (Å²) in [4.78, 5) is 3.34. The lowest BCUT2D eigenvalue weighted by Crippen LogP contribution is -2.14. The molecule has 3 rings (SSSR count). The summed E-state index contributed by atoms with van der Waals surface area (Å²) in [6.45, 7) is 12.6. The number of aromatic nitrogens is 1. The molecule has 24 heavy (non-hydrogen) atoms. The Bertz CT molecular complexity index is 857. The molecule has 0 amide bonds. The SMILES string of the molecule is CCC1=C(C)CC(C2=C(O)C(c3[nH]c(C)c(CC)c3C)=C2O)=C1C. The number of H-pyrrole nitrogens is 1. The summed E-state index contributed by atoms with van der Waals surface area (Å²) in [6, 6.07) is 0. The van der Waals surface area contributed by atoms with Gasteiger partial charge in [0, 0.05) is 5.69 Å². The van der Waals surface area contributed by atoms with Gasteiger partial charge >= 0.3 is 0 Å². The second kappa shape index (κ2) is 5.73. The molecule has 0 radical (unpaired) electrons. The molecule has 0 fully saturated rings. The molecule has 0 aliphatic heterocycles. The molecule has 0 saturated heterocycles. The molecule has 1 aromatic heterocycles. The summed E-state index contributed by atoms with van der Waals surface area (Å²) in [6.07, 6.45) is 2.74. The van der Waals surface area contributed by atoms with E-state index in [0.29, 0.717) is 11.1 Å². The van der Waals surface area contributed by atoms with Crippen molar-refractivity contribution in [2.24, 2.45) is 0 Å². The fraction of sp³-hybridized carbons (Fsp3) is 0.429. The van der Waals surface area contributed by atoms with E-state index in [0.717, 1.165) is 41.8 Å². The van der Waals surface area contributed by atoms with Gasteiger partial charge in [0.1, 0.15) is 11.5 Å². The lowest BCUT2D eigenvalue weighted by atomic mass is 9.83. The average Bonchev–Trinajstić information content (AvgIpc) is 2.96. The number of aliphatic hydroxyl groups excluding tert-OH is 2. The second-order valence-electron chi connectivity index (χ2n) is 6.92. The van der Waals surface area contributed by atoms with Crippen molar-refractivity contribution in [3.05, 3.63) is 61.9 Å². The van der Waals surface area contributed by atoms with E-state index in [4.69, 9.17) is 0 Å². The van der Waals surface area contributed by atoms with Crippen LogP contribution in [0.1, 0.15) is 63.1 Å². The van der Waals surface area contributed by atoms with Crippen molar-refractivity contribution >= 4 is 5.57 Å². The molecule has 1 heterocycles. The fourth-order valence-corrected chi connectivity index (χ4v) is 4.35. The third kappa shape index (κ3) is 2.10. The molecule has 128 valence electrons. The molecule has 0 bridgehead atoms. The highest BCUT2D eigenvalue weighted by Crippen LogP contribution is 2.49. The molecule has 0 saturated carbocycles. The molecule has 2 aliphatic rings. The third-order valence-electron chi connectivity index (χ3n) is 5.66. The smallest absolute Gasteiger partial charge is 0.139 e. The van der Waals surface area contributed by atoms with E-state index in [1.54, 1.807) is 0 Å². The summed E-state index contributed by atoms with van der Waals surface area (Å²) in [7, 11) is 0. The molecule has 0 atom stereocenters. The van der Waals surface area contributed by atoms with Gasteiger partial charge in [0.25, 0.3) is 0 Å². The monoisotopic (exact) mass is 325 g/mol. The van der Waals surface area contributed by atoms with Crippen LogP contribution in [-0.4, -0.2) is 15.2 Å². The summed E-state index contributed by atoms with van der Waals surface area (Å²) < 4.78 is 0. The molecule has 1 aromatic rings. The van der Waals surface area contributed by atoms with Crippen LogP contribution in [0.15, 0.2) is 39.4 Å². The Morgan fingerprint density at radius 1 is 0.917 bits per heavy atom. The van der Waals surface area contributed by atoms with Crippen molar-refractivity contribution in [1.29, 1.82) is 0 Å². The van der Waals surface area contributed by atoms with E-state index < -0.39 is 0 Å². The number of hydrogen-bond donors (Lipinski definition) is 3. The summed E-state index contributed by atoms with van der Waals surface area (Å²) >= 11 is 0. The molecule has 2 aliphatic carbocycles. The first kappa shape index (κ1) is 16.7. The van der Waals surface area contributed by atoms with Crippen LogP contribution >= 0.6 is 0 Å². The first-order valence-electron chi connectivity index (χ1n) is 8.78. The van der Waals surface area contributed by atoms with Gasteiger partial charge in [0.15, 0.2) is 0 Å². The van der Waals surface area contributed by atoms with E-state index in [1.165, 1.54) is 22.3 Å². The summed E-state index contributed by atoms with van der Waals surface area (Å²) in [5.74, 6) is 0.443. The summed E-state index contributed by atoms with van der Waals surface area (Å²) in [5, 5.41) is 21.4. The van der Waals surface area contributed by atoms with Gasteiger partial charge in [-0.1, -0.05) is 19.4 Å². The number of allylic oxidation sites excluding steroid dienone is 5. The molecular formula is C21H27NO2. The maximum atomic E-state index is 10.7. The Hall–Kier alpha value is -2.16. The van der Waals surface area contributed by atoms with Crippen molar-refractivity contribution in [3.8, 4) is 0 Å². The van der Waals surface area contributed by atoms with E-state index in [2.05, 4.69) is 32.7 Å². The van der Waals surface area contributed by atoms with Gasteiger partial charge in [0.05, 0.1) is 16.8 Å². The number of aromatic amines is 1. The Morgan fingerprint density at radius 3 is 2.00 bits per heavy atom. The number of aliphatic hydroxyl groups is 2. The third-order valence-corrected chi connectivity index (χ3v) is 5.66. The highest BCUT2D eigenvalue weighted by atomic mass is 16.3. The molecule has 3 heteroatoms. The Morgan fingerprint density at radius 2 is 1.54 bits per heavy atom. The lowest BCUT2D eigenvalue weighted by Gasteiger charge is -2.25. The van der Waals surface area contributed by atoms with Gasteiger partial charge in [0.2, 0.25) is 0 Å². The standard InChI is InChI=1S/C21H27NO2/c1-7-14-10(3)9-16(11(14)4)17-20(23)18(21(17)24)19-12(5)15(8-2)13(6)22-19/h22-24H,7-9H2,1-6H3. The van der Waals surface area contributed by atoms with Crippen molar-refractivity contribution in [2.75, 3.05) is 0 Å². The normalized spacial score (nSPS) is 18.2. The highest BCUT2D eigenvalue weighted by molar-refractivity contribution is 5.92. The van der Waals surface area contributed by atoms with Gasteiger partial charge < -0.3 is 15.2 Å². The predicted molar refractivity (Wildman–Crippen MR) is 99.2 cm³/mol. The molecule has 3 nitrogen and oxygen atoms in total. The van der Waals surface area contributed by atoms with Crippen molar-refractivity contribution in [1.82, 2.24) is 4.98 Å². The van der Waals surface area contributed by atoms with Crippen LogP contribution in [0.25, 0.3) is 5.57 Å². The molecule has 0 spiro atoms. The number of rotatable bonds is 4. The van der Waals surface area contributed by atoms with Crippen molar-refractivity contribution < 1.29 is 10.2 Å². The zero-order valence-corrected chi connectivity index (χ0v) is 15.5. The number of aryl methyl sites for hydroxylation is 1. The molecular weight excluding hydrogens is 298 g/mol. The van der Waals surface area contributed by atoms with Crippen LogP contribution in [0.4, 0.5) is 0 Å². The van der Waals surface area contributed by atoms with Crippen LogP contribution in [0.5, 0.6) is 0 Å². The highest BCUT2D eigenvalue weighted by Gasteiger charge is 2.37. The van der Waals surface area contributed by atoms with Crippen LogP contribution in [0.3, 0.4) is 0 Å². The predicted octanol–water partition coefficient (Wildman–Crippen LogP) is 5.74. The van der Waals surface area contributed by atoms with E-state index >= 15 is 0 Å². The second-order valence-corrected chi connectivity index (χ2v) is 6.92. The van der Waals surface area contributed by atoms with E-state index in [-0.39, 0.29) is 11.5 Å². The van der Waals surface area contributed by atoms with Gasteiger partial charge in [-0.3, -0.25) is 0 Å². The maximum Gasteiger partial charge on any atom is 0.139 e. The van der Waals surface area contributed by atoms with Gasteiger partial charge in [-0.15, -0.1) is 0 Å². The minimum atomic E-state index is 0.221. The summed E-state index contributed by atoms with van der Waals surface area (Å²) in [5.41, 5.74) is 10.5. The van der Waals surface area contributed by atoms with Gasteiger partial charge in [-0.05, 0) is 74.8 Å². The Balaban J connectivity index is 2.02. The van der Waals surface area contributed by atoms with Crippen LogP contribution in [0.2, 0.25) is 0 Å². The first-order valence-corrected chi connectivity index (χ1v) is 8.78. The zero-order chi connectivity index (χ0) is 17.8. The van der Waals surface area contributed by atoms with Gasteiger partial charge in [-0.25, -0.2) is 0 Å². The zero-order valence-electron chi connectivity index (χ0n) is 15.5. The Kier molecular flexibility index (Phi) is 3.98. The van der Waals surface area contributed by atoms with Crippen LogP contribution in [0, 0.1) is 13.8 Å². The van der Waals surface area contributed by atoms with Crippen molar-refractivity contribution in [2.45, 2.75) is 60.8 Å². The maximum absolute atomic E-state index is 10.7. The van der Waals surface area contributed by atoms with Gasteiger partial charge in [-0.2, -0.15) is 0 Å². The number of hydrogen-bond acceptors (Lipinski definition) is 2. The Labute approximate surface area is 144 Å². The van der Waals surface area contributed by atoms with Crippen molar-refractivity contribution in [3.63, 3.8) is 0 Å². The number of nitrogens with one attached hydrogen (secondary N) is 1. The minimum absolute atomic E-state index is 0.221. The van der Waals surface area contributed by atoms with Crippen LogP contribution in [-0.2, 0) is 6.42 Å².